The van der Waals surface area contributed by atoms with Crippen molar-refractivity contribution in [3.8, 4) is 0 Å². The standard InChI is InChI=1S/C4H3Cl3F3N3/c5-4(6,7)13-1-11-12-2(13)3(8,9)10/h1-2,12H. The first-order chi connectivity index (χ1) is 5.73. The lowest BCUT2D eigenvalue weighted by atomic mass is 10.5. The third-order valence-corrected chi connectivity index (χ3v) is 1.85. The zero-order chi connectivity index (χ0) is 10.3. The van der Waals surface area contributed by atoms with Crippen molar-refractivity contribution in [3.63, 3.8) is 0 Å². The molecular weight excluding hydrogens is 253 g/mol. The maximum absolute atomic E-state index is 12.2. The average molecular weight is 256 g/mol. The van der Waals surface area contributed by atoms with Gasteiger partial charge in [-0.05, 0) is 0 Å². The van der Waals surface area contributed by atoms with E-state index in [2.05, 4.69) is 5.10 Å². The minimum absolute atomic E-state index is 0.442. The third kappa shape index (κ3) is 2.45. The molecule has 0 fully saturated rings. The van der Waals surface area contributed by atoms with Crippen molar-refractivity contribution in [2.45, 2.75) is 16.3 Å². The second-order valence-corrected chi connectivity index (χ2v) is 4.41. The number of hydrogen-bond donors (Lipinski definition) is 1. The van der Waals surface area contributed by atoms with E-state index in [0.29, 0.717) is 4.90 Å². The number of nitrogens with zero attached hydrogens (tertiary/aromatic N) is 2. The van der Waals surface area contributed by atoms with E-state index in [1.54, 1.807) is 5.43 Å². The van der Waals surface area contributed by atoms with Crippen LogP contribution >= 0.6 is 34.8 Å². The zero-order valence-corrected chi connectivity index (χ0v) is 8.08. The van der Waals surface area contributed by atoms with E-state index >= 15 is 0 Å². The number of alkyl halides is 6. The van der Waals surface area contributed by atoms with Crippen LogP contribution in [0.15, 0.2) is 5.10 Å². The minimum Gasteiger partial charge on any atom is -0.287 e. The molecule has 0 radical (unpaired) electrons. The van der Waals surface area contributed by atoms with Crippen molar-refractivity contribution >= 4 is 41.1 Å². The van der Waals surface area contributed by atoms with E-state index in [-0.39, 0.29) is 0 Å². The SMILES string of the molecule is FC(F)(F)C1NN=CN1C(Cl)(Cl)Cl. The highest BCUT2D eigenvalue weighted by Crippen LogP contribution is 2.36. The first-order valence-corrected chi connectivity index (χ1v) is 4.07. The topological polar surface area (TPSA) is 27.6 Å². The lowest BCUT2D eigenvalue weighted by Gasteiger charge is -2.30. The van der Waals surface area contributed by atoms with Crippen molar-refractivity contribution in [1.82, 2.24) is 10.3 Å². The first-order valence-electron chi connectivity index (χ1n) is 2.93. The fraction of sp³-hybridized carbons (Fsp3) is 0.750. The molecule has 1 heterocycles. The molecule has 0 aromatic carbocycles. The molecular formula is C4H3Cl3F3N3. The zero-order valence-electron chi connectivity index (χ0n) is 5.82. The van der Waals surface area contributed by atoms with Gasteiger partial charge in [-0.3, -0.25) is 10.3 Å². The predicted molar refractivity (Wildman–Crippen MR) is 43.6 cm³/mol. The molecule has 0 bridgehead atoms. The van der Waals surface area contributed by atoms with Crippen molar-refractivity contribution in [3.05, 3.63) is 0 Å². The highest BCUT2D eigenvalue weighted by Gasteiger charge is 2.51. The van der Waals surface area contributed by atoms with Crippen LogP contribution in [0.2, 0.25) is 0 Å². The second-order valence-electron chi connectivity index (χ2n) is 2.19. The molecule has 1 N–H and O–H groups in total. The molecule has 0 saturated heterocycles. The number of hydrazone groups is 1. The van der Waals surface area contributed by atoms with Gasteiger partial charge in [0.1, 0.15) is 6.34 Å². The molecule has 3 nitrogen and oxygen atoms in total. The largest absolute Gasteiger partial charge is 0.428 e. The van der Waals surface area contributed by atoms with E-state index < -0.39 is 16.3 Å². The Morgan fingerprint density at radius 1 is 1.31 bits per heavy atom. The van der Waals surface area contributed by atoms with Crippen LogP contribution in [0.5, 0.6) is 0 Å². The summed E-state index contributed by atoms with van der Waals surface area (Å²) in [6.07, 6.45) is -5.87. The summed E-state index contributed by atoms with van der Waals surface area (Å²) in [5, 5.41) is 3.16. The molecule has 76 valence electrons. The Morgan fingerprint density at radius 2 is 1.85 bits per heavy atom. The van der Waals surface area contributed by atoms with Gasteiger partial charge < -0.3 is 0 Å². The Hall–Kier alpha value is -0.0700. The van der Waals surface area contributed by atoms with Gasteiger partial charge in [-0.15, -0.1) is 0 Å². The van der Waals surface area contributed by atoms with Crippen LogP contribution in [0.3, 0.4) is 0 Å². The Morgan fingerprint density at radius 3 is 2.15 bits per heavy atom. The summed E-state index contributed by atoms with van der Waals surface area (Å²) in [5.74, 6) is 0. The summed E-state index contributed by atoms with van der Waals surface area (Å²) < 4.78 is 34.4. The van der Waals surface area contributed by atoms with Gasteiger partial charge in [0, 0.05) is 0 Å². The average Bonchev–Trinajstić information content (AvgIpc) is 2.27. The van der Waals surface area contributed by atoms with Crippen LogP contribution in [0.4, 0.5) is 13.2 Å². The summed E-state index contributed by atoms with van der Waals surface area (Å²) >= 11 is 15.8. The molecule has 1 aliphatic heterocycles. The quantitative estimate of drug-likeness (QED) is 0.531. The van der Waals surface area contributed by atoms with Gasteiger partial charge in [0.2, 0.25) is 6.17 Å². The molecule has 1 atom stereocenters. The van der Waals surface area contributed by atoms with Crippen molar-refractivity contribution in [1.29, 1.82) is 0 Å². The van der Waals surface area contributed by atoms with E-state index in [1.807, 2.05) is 0 Å². The number of hydrogen-bond acceptors (Lipinski definition) is 3. The first kappa shape index (κ1) is 11.0. The fourth-order valence-corrected chi connectivity index (χ4v) is 1.16. The second kappa shape index (κ2) is 3.25. The third-order valence-electron chi connectivity index (χ3n) is 1.26. The highest BCUT2D eigenvalue weighted by molar-refractivity contribution is 6.67. The Labute approximate surface area is 86.4 Å². The highest BCUT2D eigenvalue weighted by atomic mass is 35.6. The van der Waals surface area contributed by atoms with Crippen LogP contribution in [0.1, 0.15) is 0 Å². The normalized spacial score (nSPS) is 23.5. The number of halogens is 6. The maximum atomic E-state index is 12.2. The molecule has 0 aromatic heterocycles. The number of rotatable bonds is 0. The minimum atomic E-state index is -4.56. The Kier molecular flexibility index (Phi) is 2.75. The van der Waals surface area contributed by atoms with Crippen LogP contribution in [0.25, 0.3) is 0 Å². The van der Waals surface area contributed by atoms with Gasteiger partial charge in [0.15, 0.2) is 0 Å². The molecule has 1 rings (SSSR count). The molecule has 13 heavy (non-hydrogen) atoms. The van der Waals surface area contributed by atoms with E-state index in [0.717, 1.165) is 6.34 Å². The molecule has 1 unspecified atom stereocenters. The predicted octanol–water partition coefficient (Wildman–Crippen LogP) is 2.05. The maximum Gasteiger partial charge on any atom is 0.428 e. The van der Waals surface area contributed by atoms with Gasteiger partial charge in [0.05, 0.1) is 0 Å². The molecule has 0 aliphatic carbocycles. The Bertz CT molecular complexity index is 223. The molecule has 0 saturated carbocycles. The summed E-state index contributed by atoms with van der Waals surface area (Å²) in [5.41, 5.74) is 1.77. The summed E-state index contributed by atoms with van der Waals surface area (Å²) in [6.45, 7) is 0. The Balaban J connectivity index is 2.81. The van der Waals surface area contributed by atoms with Crippen LogP contribution in [-0.4, -0.2) is 27.5 Å². The van der Waals surface area contributed by atoms with Gasteiger partial charge in [-0.2, -0.15) is 18.3 Å². The monoisotopic (exact) mass is 255 g/mol. The fourth-order valence-electron chi connectivity index (χ4n) is 0.738. The lowest BCUT2D eigenvalue weighted by Crippen LogP contribution is -2.52. The van der Waals surface area contributed by atoms with Gasteiger partial charge in [0.25, 0.3) is 3.92 Å². The van der Waals surface area contributed by atoms with Crippen molar-refractivity contribution in [2.75, 3.05) is 0 Å². The van der Waals surface area contributed by atoms with Gasteiger partial charge >= 0.3 is 6.18 Å². The molecule has 0 aromatic rings. The van der Waals surface area contributed by atoms with Crippen LogP contribution in [-0.2, 0) is 0 Å². The summed E-state index contributed by atoms with van der Waals surface area (Å²) in [4.78, 5) is 0.442. The van der Waals surface area contributed by atoms with Crippen molar-refractivity contribution < 1.29 is 13.2 Å². The van der Waals surface area contributed by atoms with Crippen LogP contribution < -0.4 is 5.43 Å². The smallest absolute Gasteiger partial charge is 0.287 e. The van der Waals surface area contributed by atoms with Gasteiger partial charge in [-0.1, -0.05) is 34.8 Å². The van der Waals surface area contributed by atoms with Crippen molar-refractivity contribution in [2.24, 2.45) is 5.10 Å². The summed E-state index contributed by atoms with van der Waals surface area (Å²) in [7, 11) is 0. The lowest BCUT2D eigenvalue weighted by molar-refractivity contribution is -0.178. The van der Waals surface area contributed by atoms with E-state index in [1.165, 1.54) is 0 Å². The molecule has 0 spiro atoms. The van der Waals surface area contributed by atoms with Crippen LogP contribution in [0, 0.1) is 0 Å². The van der Waals surface area contributed by atoms with Gasteiger partial charge in [-0.25, -0.2) is 0 Å². The van der Waals surface area contributed by atoms with E-state index in [4.69, 9.17) is 34.8 Å². The summed E-state index contributed by atoms with van der Waals surface area (Å²) in [6, 6.07) is 0. The molecule has 0 amide bonds. The molecule has 1 aliphatic rings. The van der Waals surface area contributed by atoms with E-state index in [9.17, 15) is 13.2 Å². The molecule has 9 heteroatoms. The number of nitrogens with one attached hydrogen (secondary N) is 1.